The van der Waals surface area contributed by atoms with Crippen molar-refractivity contribution in [1.82, 2.24) is 10.6 Å². The highest BCUT2D eigenvalue weighted by Gasteiger charge is 2.28. The highest BCUT2D eigenvalue weighted by molar-refractivity contribution is 6.04. The summed E-state index contributed by atoms with van der Waals surface area (Å²) >= 11 is 0. The Morgan fingerprint density at radius 3 is 2.73 bits per heavy atom. The lowest BCUT2D eigenvalue weighted by Gasteiger charge is -2.05. The molecule has 1 aliphatic rings. The summed E-state index contributed by atoms with van der Waals surface area (Å²) in [6.07, 6.45) is 0. The van der Waals surface area contributed by atoms with Crippen LogP contribution in [0.3, 0.4) is 0 Å². The summed E-state index contributed by atoms with van der Waals surface area (Å²) in [5.41, 5.74) is 0. The topological polar surface area (TPSA) is 67.4 Å². The maximum absolute atomic E-state index is 10.8. The van der Waals surface area contributed by atoms with Crippen molar-refractivity contribution in [2.75, 3.05) is 13.2 Å². The standard InChI is InChI=1S/C6H10N2O3/c1-2-11-3-4-5(9)8-6(10)7-4/h4H,2-3H2,1H3,(H2,7,8,9,10). The van der Waals surface area contributed by atoms with E-state index in [1.165, 1.54) is 0 Å². The van der Waals surface area contributed by atoms with Crippen LogP contribution in [-0.2, 0) is 9.53 Å². The smallest absolute Gasteiger partial charge is 0.322 e. The number of amides is 3. The molecule has 3 amide bonds. The number of imide groups is 1. The van der Waals surface area contributed by atoms with Crippen LogP contribution >= 0.6 is 0 Å². The van der Waals surface area contributed by atoms with Gasteiger partial charge in [0.2, 0.25) is 0 Å². The first kappa shape index (κ1) is 8.00. The molecule has 1 aliphatic heterocycles. The Labute approximate surface area is 64.1 Å². The second-order valence-electron chi connectivity index (χ2n) is 2.17. The minimum absolute atomic E-state index is 0.244. The van der Waals surface area contributed by atoms with Crippen molar-refractivity contribution in [1.29, 1.82) is 0 Å². The zero-order valence-electron chi connectivity index (χ0n) is 6.22. The normalized spacial score (nSPS) is 23.2. The summed E-state index contributed by atoms with van der Waals surface area (Å²) in [5.74, 6) is -0.316. The van der Waals surface area contributed by atoms with E-state index < -0.39 is 12.1 Å². The maximum atomic E-state index is 10.8. The SMILES string of the molecule is CCOCC1NC(=O)NC1=O. The van der Waals surface area contributed by atoms with E-state index in [0.29, 0.717) is 6.61 Å². The molecule has 1 unspecified atom stereocenters. The summed E-state index contributed by atoms with van der Waals surface area (Å²) in [6, 6.07) is -0.956. The van der Waals surface area contributed by atoms with Gasteiger partial charge in [-0.3, -0.25) is 10.1 Å². The van der Waals surface area contributed by atoms with Gasteiger partial charge in [-0.15, -0.1) is 0 Å². The van der Waals surface area contributed by atoms with Crippen LogP contribution in [0, 0.1) is 0 Å². The Bertz CT molecular complexity index is 181. The molecule has 1 heterocycles. The predicted octanol–water partition coefficient (Wildman–Crippen LogP) is -0.769. The van der Waals surface area contributed by atoms with Gasteiger partial charge in [0.15, 0.2) is 0 Å². The van der Waals surface area contributed by atoms with Gasteiger partial charge >= 0.3 is 6.03 Å². The van der Waals surface area contributed by atoms with E-state index >= 15 is 0 Å². The first-order valence-corrected chi connectivity index (χ1v) is 3.43. The molecule has 11 heavy (non-hydrogen) atoms. The Hall–Kier alpha value is -1.10. The molecule has 1 rings (SSSR count). The van der Waals surface area contributed by atoms with Crippen LogP contribution in [0.5, 0.6) is 0 Å². The van der Waals surface area contributed by atoms with E-state index in [1.807, 2.05) is 6.92 Å². The van der Waals surface area contributed by atoms with Crippen LogP contribution in [0.15, 0.2) is 0 Å². The van der Waals surface area contributed by atoms with Crippen molar-refractivity contribution in [3.63, 3.8) is 0 Å². The van der Waals surface area contributed by atoms with E-state index in [0.717, 1.165) is 0 Å². The number of nitrogens with one attached hydrogen (secondary N) is 2. The fourth-order valence-electron chi connectivity index (χ4n) is 0.812. The van der Waals surface area contributed by atoms with Crippen molar-refractivity contribution >= 4 is 11.9 Å². The zero-order chi connectivity index (χ0) is 8.27. The zero-order valence-corrected chi connectivity index (χ0v) is 6.22. The minimum Gasteiger partial charge on any atom is -0.379 e. The average molecular weight is 158 g/mol. The Balaban J connectivity index is 2.34. The van der Waals surface area contributed by atoms with Crippen LogP contribution in [-0.4, -0.2) is 31.2 Å². The van der Waals surface area contributed by atoms with E-state index in [2.05, 4.69) is 10.6 Å². The van der Waals surface area contributed by atoms with Crippen LogP contribution in [0.25, 0.3) is 0 Å². The summed E-state index contributed by atoms with van der Waals surface area (Å²) in [5, 5.41) is 4.52. The summed E-state index contributed by atoms with van der Waals surface area (Å²) in [7, 11) is 0. The number of carbonyl (C=O) groups is 2. The van der Waals surface area contributed by atoms with Gasteiger partial charge in [0.25, 0.3) is 5.91 Å². The first-order chi connectivity index (χ1) is 5.24. The third-order valence-corrected chi connectivity index (χ3v) is 1.35. The quantitative estimate of drug-likeness (QED) is 0.530. The Morgan fingerprint density at radius 2 is 2.27 bits per heavy atom. The molecule has 62 valence electrons. The number of carbonyl (C=O) groups excluding carboxylic acids is 2. The third-order valence-electron chi connectivity index (χ3n) is 1.35. The number of hydrogen-bond acceptors (Lipinski definition) is 3. The number of ether oxygens (including phenoxy) is 1. The molecule has 0 aromatic carbocycles. The monoisotopic (exact) mass is 158 g/mol. The molecule has 0 spiro atoms. The third kappa shape index (κ3) is 1.91. The predicted molar refractivity (Wildman–Crippen MR) is 37.0 cm³/mol. The second kappa shape index (κ2) is 3.34. The van der Waals surface area contributed by atoms with Gasteiger partial charge in [0.05, 0.1) is 6.61 Å². The van der Waals surface area contributed by atoms with Gasteiger partial charge in [-0.2, -0.15) is 0 Å². The molecule has 0 radical (unpaired) electrons. The van der Waals surface area contributed by atoms with Crippen LogP contribution in [0.4, 0.5) is 4.79 Å². The molecule has 0 aromatic heterocycles. The van der Waals surface area contributed by atoms with Gasteiger partial charge in [0, 0.05) is 6.61 Å². The lowest BCUT2D eigenvalue weighted by molar-refractivity contribution is -0.121. The molecule has 5 nitrogen and oxygen atoms in total. The lowest BCUT2D eigenvalue weighted by Crippen LogP contribution is -2.33. The molecule has 0 aromatic rings. The Kier molecular flexibility index (Phi) is 2.43. The Morgan fingerprint density at radius 1 is 1.55 bits per heavy atom. The highest BCUT2D eigenvalue weighted by atomic mass is 16.5. The van der Waals surface area contributed by atoms with Crippen LogP contribution in [0.2, 0.25) is 0 Å². The van der Waals surface area contributed by atoms with E-state index in [1.54, 1.807) is 0 Å². The van der Waals surface area contributed by atoms with Gasteiger partial charge in [-0.25, -0.2) is 4.79 Å². The first-order valence-electron chi connectivity index (χ1n) is 3.43. The molecule has 5 heteroatoms. The molecule has 0 aliphatic carbocycles. The minimum atomic E-state index is -0.512. The number of rotatable bonds is 3. The van der Waals surface area contributed by atoms with Gasteiger partial charge in [-0.05, 0) is 6.92 Å². The summed E-state index contributed by atoms with van der Waals surface area (Å²) in [6.45, 7) is 2.61. The summed E-state index contributed by atoms with van der Waals surface area (Å²) < 4.78 is 4.96. The number of urea groups is 1. The highest BCUT2D eigenvalue weighted by Crippen LogP contribution is 1.93. The van der Waals surface area contributed by atoms with Crippen molar-refractivity contribution in [3.05, 3.63) is 0 Å². The van der Waals surface area contributed by atoms with Crippen molar-refractivity contribution in [2.45, 2.75) is 13.0 Å². The molecular weight excluding hydrogens is 148 g/mol. The van der Waals surface area contributed by atoms with Crippen LogP contribution in [0.1, 0.15) is 6.92 Å². The second-order valence-corrected chi connectivity index (χ2v) is 2.17. The van der Waals surface area contributed by atoms with E-state index in [-0.39, 0.29) is 12.5 Å². The van der Waals surface area contributed by atoms with Gasteiger partial charge < -0.3 is 10.1 Å². The van der Waals surface area contributed by atoms with Crippen molar-refractivity contribution in [3.8, 4) is 0 Å². The molecular formula is C6H10N2O3. The van der Waals surface area contributed by atoms with Gasteiger partial charge in [-0.1, -0.05) is 0 Å². The largest absolute Gasteiger partial charge is 0.379 e. The molecule has 1 atom stereocenters. The lowest BCUT2D eigenvalue weighted by atomic mass is 10.3. The average Bonchev–Trinajstić information content (AvgIpc) is 2.26. The van der Waals surface area contributed by atoms with Crippen molar-refractivity contribution in [2.24, 2.45) is 0 Å². The van der Waals surface area contributed by atoms with Gasteiger partial charge in [0.1, 0.15) is 6.04 Å². The fourth-order valence-corrected chi connectivity index (χ4v) is 0.812. The summed E-state index contributed by atoms with van der Waals surface area (Å²) in [4.78, 5) is 21.3. The fraction of sp³-hybridized carbons (Fsp3) is 0.667. The molecule has 2 N–H and O–H groups in total. The molecule has 0 saturated carbocycles. The maximum Gasteiger partial charge on any atom is 0.322 e. The van der Waals surface area contributed by atoms with Crippen LogP contribution < -0.4 is 10.6 Å². The van der Waals surface area contributed by atoms with Crippen molar-refractivity contribution < 1.29 is 14.3 Å². The van der Waals surface area contributed by atoms with E-state index in [4.69, 9.17) is 4.74 Å². The molecule has 1 fully saturated rings. The number of hydrogen-bond donors (Lipinski definition) is 2. The molecule has 1 saturated heterocycles. The van der Waals surface area contributed by atoms with E-state index in [9.17, 15) is 9.59 Å². The molecule has 0 bridgehead atoms.